The molecule has 0 bridgehead atoms. The second-order valence-corrected chi connectivity index (χ2v) is 7.63. The van der Waals surface area contributed by atoms with Crippen LogP contribution >= 0.6 is 0 Å². The van der Waals surface area contributed by atoms with E-state index in [1.165, 1.54) is 24.1 Å². The molecule has 0 saturated carbocycles. The zero-order chi connectivity index (χ0) is 24.2. The number of aromatic nitrogens is 1. The van der Waals surface area contributed by atoms with Crippen molar-refractivity contribution in [3.8, 4) is 11.5 Å². The SMILES string of the molecule is CCOc1ccc(C2/C(=C(\O)c3ccc(OC)c(F)c3)C(=O)C(=O)N2Cc2ccncc2)cc1. The van der Waals surface area contributed by atoms with E-state index < -0.39 is 29.3 Å². The van der Waals surface area contributed by atoms with E-state index in [1.807, 2.05) is 6.92 Å². The number of ether oxygens (including phenoxy) is 2. The van der Waals surface area contributed by atoms with Gasteiger partial charge in [-0.3, -0.25) is 14.6 Å². The number of benzene rings is 2. The Hall–Kier alpha value is -4.20. The highest BCUT2D eigenvalue weighted by Gasteiger charge is 2.46. The number of carbonyl (C=O) groups excluding carboxylic acids is 2. The quantitative estimate of drug-likeness (QED) is 0.321. The topological polar surface area (TPSA) is 89.0 Å². The normalized spacial score (nSPS) is 17.1. The van der Waals surface area contributed by atoms with Crippen molar-refractivity contribution in [3.63, 3.8) is 0 Å². The summed E-state index contributed by atoms with van der Waals surface area (Å²) in [6, 6.07) is 13.4. The van der Waals surface area contributed by atoms with Crippen LogP contribution in [0.15, 0.2) is 72.6 Å². The van der Waals surface area contributed by atoms with Crippen LogP contribution in [0.1, 0.15) is 29.7 Å². The Morgan fingerprint density at radius 1 is 1.09 bits per heavy atom. The lowest BCUT2D eigenvalue weighted by Gasteiger charge is -2.25. The minimum Gasteiger partial charge on any atom is -0.507 e. The number of methoxy groups -OCH3 is 1. The van der Waals surface area contributed by atoms with Gasteiger partial charge in [0, 0.05) is 24.5 Å². The number of Topliss-reactive ketones (excluding diaryl/α,β-unsaturated/α-hetero) is 1. The molecule has 0 radical (unpaired) electrons. The first kappa shape index (κ1) is 23.0. The van der Waals surface area contributed by atoms with Crippen LogP contribution in [0.4, 0.5) is 4.39 Å². The first-order valence-corrected chi connectivity index (χ1v) is 10.7. The van der Waals surface area contributed by atoms with Crippen LogP contribution in [-0.4, -0.2) is 40.4 Å². The lowest BCUT2D eigenvalue weighted by atomic mass is 9.95. The molecule has 4 rings (SSSR count). The zero-order valence-electron chi connectivity index (χ0n) is 18.7. The van der Waals surface area contributed by atoms with Gasteiger partial charge < -0.3 is 19.5 Å². The van der Waals surface area contributed by atoms with Gasteiger partial charge in [-0.05, 0) is 60.5 Å². The number of ketones is 1. The molecule has 1 unspecified atom stereocenters. The number of halogens is 1. The summed E-state index contributed by atoms with van der Waals surface area (Å²) in [5.74, 6) is -2.13. The Bertz CT molecular complexity index is 1240. The van der Waals surface area contributed by atoms with Crippen molar-refractivity contribution in [3.05, 3.63) is 95.1 Å². The molecule has 3 aromatic rings. The van der Waals surface area contributed by atoms with E-state index >= 15 is 0 Å². The van der Waals surface area contributed by atoms with Crippen molar-refractivity contribution in [1.29, 1.82) is 0 Å². The third kappa shape index (κ3) is 4.34. The summed E-state index contributed by atoms with van der Waals surface area (Å²) in [6.45, 7) is 2.48. The highest BCUT2D eigenvalue weighted by Crippen LogP contribution is 2.41. The van der Waals surface area contributed by atoms with Gasteiger partial charge in [0.25, 0.3) is 11.7 Å². The van der Waals surface area contributed by atoms with Crippen molar-refractivity contribution in [2.45, 2.75) is 19.5 Å². The molecule has 1 aliphatic heterocycles. The molecule has 1 aromatic heterocycles. The Kier molecular flexibility index (Phi) is 6.58. The van der Waals surface area contributed by atoms with Gasteiger partial charge in [-0.1, -0.05) is 12.1 Å². The predicted octanol–water partition coefficient (Wildman–Crippen LogP) is 4.25. The number of amides is 1. The Balaban J connectivity index is 1.84. The minimum atomic E-state index is -0.881. The Morgan fingerprint density at radius 3 is 2.41 bits per heavy atom. The molecular weight excluding hydrogens is 439 g/mol. The molecule has 1 fully saturated rings. The van der Waals surface area contributed by atoms with Crippen molar-refractivity contribution in [1.82, 2.24) is 9.88 Å². The highest BCUT2D eigenvalue weighted by atomic mass is 19.1. The number of carbonyl (C=O) groups is 2. The second-order valence-electron chi connectivity index (χ2n) is 7.63. The first-order chi connectivity index (χ1) is 16.4. The van der Waals surface area contributed by atoms with E-state index in [4.69, 9.17) is 9.47 Å². The maximum absolute atomic E-state index is 14.3. The number of nitrogens with zero attached hydrogens (tertiary/aromatic N) is 2. The molecule has 1 N–H and O–H groups in total. The standard InChI is InChI=1S/C26H23FN2O5/c1-3-34-19-7-4-17(5-8-19)23-22(24(30)18-6-9-21(33-2)20(27)14-18)25(31)26(32)29(23)15-16-10-12-28-13-11-16/h4-14,23,30H,3,15H2,1-2H3/b24-22+. The third-order valence-corrected chi connectivity index (χ3v) is 5.57. The zero-order valence-corrected chi connectivity index (χ0v) is 18.7. The lowest BCUT2D eigenvalue weighted by molar-refractivity contribution is -0.140. The molecule has 34 heavy (non-hydrogen) atoms. The van der Waals surface area contributed by atoms with Crippen LogP contribution in [0.5, 0.6) is 11.5 Å². The van der Waals surface area contributed by atoms with Crippen LogP contribution in [0.25, 0.3) is 5.76 Å². The first-order valence-electron chi connectivity index (χ1n) is 10.7. The molecule has 1 amide bonds. The highest BCUT2D eigenvalue weighted by molar-refractivity contribution is 6.46. The fraction of sp³-hybridized carbons (Fsp3) is 0.192. The molecule has 1 saturated heterocycles. The van der Waals surface area contributed by atoms with Crippen LogP contribution in [0.3, 0.4) is 0 Å². The predicted molar refractivity (Wildman–Crippen MR) is 123 cm³/mol. The van der Waals surface area contributed by atoms with E-state index in [1.54, 1.807) is 48.8 Å². The lowest BCUT2D eigenvalue weighted by Crippen LogP contribution is -2.29. The summed E-state index contributed by atoms with van der Waals surface area (Å²) in [4.78, 5) is 31.6. The largest absolute Gasteiger partial charge is 0.507 e. The van der Waals surface area contributed by atoms with E-state index in [0.717, 1.165) is 11.6 Å². The minimum absolute atomic E-state index is 0.00208. The van der Waals surface area contributed by atoms with Gasteiger partial charge in [-0.2, -0.15) is 0 Å². The fourth-order valence-corrected chi connectivity index (χ4v) is 3.96. The monoisotopic (exact) mass is 462 g/mol. The summed E-state index contributed by atoms with van der Waals surface area (Å²) in [5, 5.41) is 11.1. The summed E-state index contributed by atoms with van der Waals surface area (Å²) in [6.07, 6.45) is 3.19. The number of hydrogen-bond acceptors (Lipinski definition) is 6. The van der Waals surface area contributed by atoms with Crippen molar-refractivity contribution >= 4 is 17.4 Å². The van der Waals surface area contributed by atoms with Gasteiger partial charge in [0.2, 0.25) is 0 Å². The van der Waals surface area contributed by atoms with Gasteiger partial charge in [0.1, 0.15) is 11.5 Å². The van der Waals surface area contributed by atoms with Crippen molar-refractivity contribution in [2.24, 2.45) is 0 Å². The number of likely N-dealkylation sites (tertiary alicyclic amines) is 1. The Morgan fingerprint density at radius 2 is 1.79 bits per heavy atom. The number of hydrogen-bond donors (Lipinski definition) is 1. The van der Waals surface area contributed by atoms with E-state index in [2.05, 4.69) is 4.98 Å². The number of pyridine rings is 1. The van der Waals surface area contributed by atoms with Crippen molar-refractivity contribution in [2.75, 3.05) is 13.7 Å². The molecule has 7 nitrogen and oxygen atoms in total. The van der Waals surface area contributed by atoms with E-state index in [9.17, 15) is 19.1 Å². The maximum Gasteiger partial charge on any atom is 0.295 e. The molecule has 1 atom stereocenters. The van der Waals surface area contributed by atoms with Gasteiger partial charge in [-0.15, -0.1) is 0 Å². The summed E-state index contributed by atoms with van der Waals surface area (Å²) in [5.41, 5.74) is 1.32. The molecule has 1 aliphatic rings. The van der Waals surface area contributed by atoms with Crippen LogP contribution in [-0.2, 0) is 16.1 Å². The molecule has 8 heteroatoms. The third-order valence-electron chi connectivity index (χ3n) is 5.57. The number of aliphatic hydroxyl groups is 1. The smallest absolute Gasteiger partial charge is 0.295 e. The van der Waals surface area contributed by atoms with Crippen LogP contribution in [0, 0.1) is 5.82 Å². The summed E-state index contributed by atoms with van der Waals surface area (Å²) >= 11 is 0. The van der Waals surface area contributed by atoms with Crippen LogP contribution in [0.2, 0.25) is 0 Å². The van der Waals surface area contributed by atoms with Crippen LogP contribution < -0.4 is 9.47 Å². The molecule has 0 aliphatic carbocycles. The molecule has 2 heterocycles. The molecule has 2 aromatic carbocycles. The average Bonchev–Trinajstić information content (AvgIpc) is 3.10. The Labute approximate surface area is 196 Å². The molecular formula is C26H23FN2O5. The van der Waals surface area contributed by atoms with Gasteiger partial charge in [0.15, 0.2) is 11.6 Å². The van der Waals surface area contributed by atoms with Gasteiger partial charge in [-0.25, -0.2) is 4.39 Å². The fourth-order valence-electron chi connectivity index (χ4n) is 3.96. The van der Waals surface area contributed by atoms with Gasteiger partial charge in [0.05, 0.1) is 25.3 Å². The molecule has 0 spiro atoms. The summed E-state index contributed by atoms with van der Waals surface area (Å²) < 4.78 is 24.8. The molecule has 174 valence electrons. The average molecular weight is 462 g/mol. The van der Waals surface area contributed by atoms with Crippen molar-refractivity contribution < 1.29 is 28.6 Å². The van der Waals surface area contributed by atoms with Gasteiger partial charge >= 0.3 is 0 Å². The van der Waals surface area contributed by atoms with E-state index in [-0.39, 0.29) is 23.4 Å². The number of aliphatic hydroxyl groups excluding tert-OH is 1. The van der Waals surface area contributed by atoms with E-state index in [0.29, 0.717) is 17.9 Å². The number of rotatable bonds is 7. The maximum atomic E-state index is 14.3. The summed E-state index contributed by atoms with van der Waals surface area (Å²) in [7, 11) is 1.33. The second kappa shape index (κ2) is 9.74.